The van der Waals surface area contributed by atoms with Crippen LogP contribution in [0.1, 0.15) is 5.56 Å². The number of rotatable bonds is 4. The number of fused-ring (bicyclic) bond motifs is 1. The predicted octanol–water partition coefficient (Wildman–Crippen LogP) is 3.47. The molecule has 3 aromatic rings. The summed E-state index contributed by atoms with van der Waals surface area (Å²) in [6, 6.07) is 13.0. The highest BCUT2D eigenvalue weighted by Crippen LogP contribution is 2.30. The standard InChI is InChI=1S/C17H17NO3/c1-18-10-12(17-15(18)7-4-8-16(17)19)11-21-14-6-3-5-13(9-14)20-2/h3-10,19H,11H2,1-2H3. The van der Waals surface area contributed by atoms with Gasteiger partial charge >= 0.3 is 0 Å². The van der Waals surface area contributed by atoms with E-state index in [0.29, 0.717) is 6.61 Å². The Morgan fingerprint density at radius 3 is 2.67 bits per heavy atom. The Kier molecular flexibility index (Phi) is 3.44. The van der Waals surface area contributed by atoms with Crippen LogP contribution in [0, 0.1) is 0 Å². The lowest BCUT2D eigenvalue weighted by Gasteiger charge is -2.07. The zero-order valence-electron chi connectivity index (χ0n) is 12.0. The van der Waals surface area contributed by atoms with Gasteiger partial charge < -0.3 is 19.1 Å². The van der Waals surface area contributed by atoms with Crippen molar-refractivity contribution >= 4 is 10.9 Å². The summed E-state index contributed by atoms with van der Waals surface area (Å²) in [4.78, 5) is 0. The molecule has 108 valence electrons. The first-order chi connectivity index (χ1) is 10.2. The summed E-state index contributed by atoms with van der Waals surface area (Å²) in [7, 11) is 3.58. The Hall–Kier alpha value is -2.62. The van der Waals surface area contributed by atoms with Gasteiger partial charge in [0.15, 0.2) is 0 Å². The SMILES string of the molecule is COc1cccc(OCc2cn(C)c3cccc(O)c23)c1. The van der Waals surface area contributed by atoms with E-state index in [9.17, 15) is 5.11 Å². The molecule has 0 amide bonds. The Labute approximate surface area is 123 Å². The molecule has 0 aliphatic rings. The van der Waals surface area contributed by atoms with Gasteiger partial charge in [0.25, 0.3) is 0 Å². The van der Waals surface area contributed by atoms with Crippen molar-refractivity contribution in [1.82, 2.24) is 4.57 Å². The van der Waals surface area contributed by atoms with E-state index in [1.165, 1.54) is 0 Å². The molecule has 1 N–H and O–H groups in total. The lowest BCUT2D eigenvalue weighted by atomic mass is 10.1. The molecule has 0 aliphatic heterocycles. The average molecular weight is 283 g/mol. The highest BCUT2D eigenvalue weighted by atomic mass is 16.5. The predicted molar refractivity (Wildman–Crippen MR) is 81.9 cm³/mol. The third-order valence-electron chi connectivity index (χ3n) is 3.51. The molecule has 0 unspecified atom stereocenters. The van der Waals surface area contributed by atoms with Gasteiger partial charge in [0.05, 0.1) is 12.6 Å². The molecule has 4 heteroatoms. The van der Waals surface area contributed by atoms with Crippen LogP contribution >= 0.6 is 0 Å². The van der Waals surface area contributed by atoms with Crippen LogP contribution in [-0.2, 0) is 13.7 Å². The second kappa shape index (κ2) is 5.40. The molecule has 0 saturated heterocycles. The monoisotopic (exact) mass is 283 g/mol. The Bertz CT molecular complexity index is 777. The number of aryl methyl sites for hydroxylation is 1. The van der Waals surface area contributed by atoms with Crippen molar-refractivity contribution in [3.8, 4) is 17.2 Å². The highest BCUT2D eigenvalue weighted by molar-refractivity contribution is 5.89. The molecule has 0 aliphatic carbocycles. The molecule has 0 fully saturated rings. The van der Waals surface area contributed by atoms with Crippen LogP contribution in [0.2, 0.25) is 0 Å². The van der Waals surface area contributed by atoms with E-state index in [1.54, 1.807) is 13.2 Å². The van der Waals surface area contributed by atoms with Gasteiger partial charge in [-0.25, -0.2) is 0 Å². The summed E-state index contributed by atoms with van der Waals surface area (Å²) in [6.45, 7) is 0.391. The minimum atomic E-state index is 0.275. The van der Waals surface area contributed by atoms with E-state index in [4.69, 9.17) is 9.47 Å². The van der Waals surface area contributed by atoms with Gasteiger partial charge in [-0.2, -0.15) is 0 Å². The third kappa shape index (κ3) is 2.52. The summed E-state index contributed by atoms with van der Waals surface area (Å²) < 4.78 is 13.0. The van der Waals surface area contributed by atoms with Crippen molar-refractivity contribution in [3.05, 3.63) is 54.2 Å². The number of phenols is 1. The molecule has 0 spiro atoms. The maximum absolute atomic E-state index is 10.1. The zero-order chi connectivity index (χ0) is 14.8. The molecule has 1 heterocycles. The molecule has 0 atom stereocenters. The quantitative estimate of drug-likeness (QED) is 0.797. The normalized spacial score (nSPS) is 10.8. The molecule has 0 saturated carbocycles. The fourth-order valence-electron chi connectivity index (χ4n) is 2.48. The van der Waals surface area contributed by atoms with E-state index in [1.807, 2.05) is 54.2 Å². The summed E-state index contributed by atoms with van der Waals surface area (Å²) in [5.74, 6) is 1.77. The topological polar surface area (TPSA) is 43.6 Å². The second-order valence-electron chi connectivity index (χ2n) is 4.90. The minimum absolute atomic E-state index is 0.275. The molecule has 3 rings (SSSR count). The van der Waals surface area contributed by atoms with E-state index >= 15 is 0 Å². The average Bonchev–Trinajstić information content (AvgIpc) is 2.83. The maximum atomic E-state index is 10.1. The van der Waals surface area contributed by atoms with Crippen LogP contribution in [0.3, 0.4) is 0 Å². The smallest absolute Gasteiger partial charge is 0.125 e. The first-order valence-electron chi connectivity index (χ1n) is 6.72. The van der Waals surface area contributed by atoms with E-state index in [-0.39, 0.29) is 5.75 Å². The summed E-state index contributed by atoms with van der Waals surface area (Å²) in [6.07, 6.45) is 1.98. The number of benzene rings is 2. The number of phenolic OH excluding ortho intramolecular Hbond substituents is 1. The number of hydrogen-bond donors (Lipinski definition) is 1. The van der Waals surface area contributed by atoms with Crippen molar-refractivity contribution < 1.29 is 14.6 Å². The van der Waals surface area contributed by atoms with Crippen molar-refractivity contribution in [1.29, 1.82) is 0 Å². The van der Waals surface area contributed by atoms with Gasteiger partial charge in [0, 0.05) is 30.3 Å². The Balaban J connectivity index is 1.88. The van der Waals surface area contributed by atoms with E-state index in [2.05, 4.69) is 0 Å². The van der Waals surface area contributed by atoms with Crippen LogP contribution in [0.15, 0.2) is 48.7 Å². The summed E-state index contributed by atoms with van der Waals surface area (Å²) in [5, 5.41) is 10.9. The number of hydrogen-bond acceptors (Lipinski definition) is 3. The van der Waals surface area contributed by atoms with Gasteiger partial charge in [-0.15, -0.1) is 0 Å². The van der Waals surface area contributed by atoms with Gasteiger partial charge in [-0.05, 0) is 24.3 Å². The number of ether oxygens (including phenoxy) is 2. The van der Waals surface area contributed by atoms with Crippen LogP contribution in [-0.4, -0.2) is 16.8 Å². The Morgan fingerprint density at radius 2 is 1.86 bits per heavy atom. The molecular formula is C17H17NO3. The lowest BCUT2D eigenvalue weighted by molar-refractivity contribution is 0.304. The van der Waals surface area contributed by atoms with Crippen LogP contribution in [0.4, 0.5) is 0 Å². The molecule has 0 radical (unpaired) electrons. The molecule has 0 bridgehead atoms. The van der Waals surface area contributed by atoms with Crippen LogP contribution in [0.5, 0.6) is 17.2 Å². The van der Waals surface area contributed by atoms with Gasteiger partial charge in [0.1, 0.15) is 23.9 Å². The van der Waals surface area contributed by atoms with E-state index < -0.39 is 0 Å². The molecule has 2 aromatic carbocycles. The first kappa shape index (κ1) is 13.4. The number of aromatic nitrogens is 1. The Morgan fingerprint density at radius 1 is 1.10 bits per heavy atom. The summed E-state index contributed by atoms with van der Waals surface area (Å²) >= 11 is 0. The highest BCUT2D eigenvalue weighted by Gasteiger charge is 2.11. The van der Waals surface area contributed by atoms with Crippen LogP contribution in [0.25, 0.3) is 10.9 Å². The maximum Gasteiger partial charge on any atom is 0.125 e. The van der Waals surface area contributed by atoms with Crippen LogP contribution < -0.4 is 9.47 Å². The molecular weight excluding hydrogens is 266 g/mol. The van der Waals surface area contributed by atoms with Gasteiger partial charge in [-0.3, -0.25) is 0 Å². The fourth-order valence-corrected chi connectivity index (χ4v) is 2.48. The summed E-state index contributed by atoms with van der Waals surface area (Å²) in [5.41, 5.74) is 1.94. The number of nitrogens with zero attached hydrogens (tertiary/aromatic N) is 1. The molecule has 1 aromatic heterocycles. The van der Waals surface area contributed by atoms with Crippen molar-refractivity contribution in [2.75, 3.05) is 7.11 Å². The van der Waals surface area contributed by atoms with Crippen molar-refractivity contribution in [2.45, 2.75) is 6.61 Å². The van der Waals surface area contributed by atoms with Gasteiger partial charge in [0.2, 0.25) is 0 Å². The van der Waals surface area contributed by atoms with Crippen molar-refractivity contribution in [3.63, 3.8) is 0 Å². The van der Waals surface area contributed by atoms with E-state index in [0.717, 1.165) is 28.0 Å². The molecule has 21 heavy (non-hydrogen) atoms. The second-order valence-corrected chi connectivity index (χ2v) is 4.90. The zero-order valence-corrected chi connectivity index (χ0v) is 12.0. The largest absolute Gasteiger partial charge is 0.507 e. The molecule has 4 nitrogen and oxygen atoms in total. The number of aromatic hydroxyl groups is 1. The minimum Gasteiger partial charge on any atom is -0.507 e. The fraction of sp³-hybridized carbons (Fsp3) is 0.176. The first-order valence-corrected chi connectivity index (χ1v) is 6.72. The van der Waals surface area contributed by atoms with Gasteiger partial charge in [-0.1, -0.05) is 12.1 Å². The third-order valence-corrected chi connectivity index (χ3v) is 3.51. The number of methoxy groups -OCH3 is 1. The lowest BCUT2D eigenvalue weighted by Crippen LogP contribution is -1.95. The van der Waals surface area contributed by atoms with Crippen molar-refractivity contribution in [2.24, 2.45) is 7.05 Å².